The van der Waals surface area contributed by atoms with E-state index in [2.05, 4.69) is 5.32 Å². The monoisotopic (exact) mass is 225 g/mol. The summed E-state index contributed by atoms with van der Waals surface area (Å²) in [5.41, 5.74) is 5.82. The van der Waals surface area contributed by atoms with Crippen LogP contribution in [0.4, 0.5) is 0 Å². The Labute approximate surface area is 93.1 Å². The molecule has 0 aromatic carbocycles. The van der Waals surface area contributed by atoms with Crippen molar-refractivity contribution >= 4 is 17.7 Å². The van der Waals surface area contributed by atoms with E-state index < -0.39 is 11.8 Å². The van der Waals surface area contributed by atoms with Gasteiger partial charge in [-0.1, -0.05) is 0 Å². The van der Waals surface area contributed by atoms with Gasteiger partial charge in [-0.05, 0) is 18.8 Å². The number of imide groups is 1. The summed E-state index contributed by atoms with van der Waals surface area (Å²) in [6, 6.07) is -0.132. The van der Waals surface area contributed by atoms with Crippen molar-refractivity contribution in [3.05, 3.63) is 0 Å². The lowest BCUT2D eigenvalue weighted by molar-refractivity contribution is -0.145. The highest BCUT2D eigenvalue weighted by atomic mass is 16.2. The van der Waals surface area contributed by atoms with E-state index in [1.54, 1.807) is 0 Å². The van der Waals surface area contributed by atoms with Crippen molar-refractivity contribution in [2.75, 3.05) is 13.1 Å². The largest absolute Gasteiger partial charge is 0.327 e. The number of nitrogens with two attached hydrogens (primary N) is 1. The Balaban J connectivity index is 1.87. The first-order valence-corrected chi connectivity index (χ1v) is 5.42. The molecule has 1 atom stereocenters. The summed E-state index contributed by atoms with van der Waals surface area (Å²) in [6.07, 6.45) is 2.38. The fraction of sp³-hybridized carbons (Fsp3) is 0.700. The van der Waals surface area contributed by atoms with Gasteiger partial charge < -0.3 is 10.6 Å². The van der Waals surface area contributed by atoms with Gasteiger partial charge in [-0.2, -0.15) is 0 Å². The molecule has 6 nitrogen and oxygen atoms in total. The smallest absolute Gasteiger partial charge is 0.246 e. The Bertz CT molecular complexity index is 322. The van der Waals surface area contributed by atoms with Gasteiger partial charge in [0.25, 0.3) is 0 Å². The van der Waals surface area contributed by atoms with E-state index in [1.165, 1.54) is 4.90 Å². The average molecular weight is 225 g/mol. The summed E-state index contributed by atoms with van der Waals surface area (Å²) in [4.78, 5) is 35.1. The van der Waals surface area contributed by atoms with Crippen molar-refractivity contribution in [2.24, 2.45) is 11.7 Å². The topological polar surface area (TPSA) is 92.5 Å². The highest BCUT2D eigenvalue weighted by Crippen LogP contribution is 2.32. The van der Waals surface area contributed by atoms with Crippen molar-refractivity contribution < 1.29 is 14.4 Å². The Morgan fingerprint density at radius 1 is 1.38 bits per heavy atom. The van der Waals surface area contributed by atoms with Gasteiger partial charge in [0.1, 0.15) is 13.1 Å². The first-order chi connectivity index (χ1) is 7.56. The second-order valence-corrected chi connectivity index (χ2v) is 4.43. The van der Waals surface area contributed by atoms with Crippen molar-refractivity contribution in [3.63, 3.8) is 0 Å². The summed E-state index contributed by atoms with van der Waals surface area (Å²) in [5.74, 6) is -0.616. The Morgan fingerprint density at radius 3 is 2.44 bits per heavy atom. The quantitative estimate of drug-likeness (QED) is 0.578. The molecular formula is C10H15N3O3. The average Bonchev–Trinajstić information content (AvgIpc) is 2.98. The summed E-state index contributed by atoms with van der Waals surface area (Å²) < 4.78 is 0. The molecule has 88 valence electrons. The van der Waals surface area contributed by atoms with Crippen LogP contribution in [-0.4, -0.2) is 41.8 Å². The lowest BCUT2D eigenvalue weighted by Crippen LogP contribution is -2.54. The third-order valence-electron chi connectivity index (χ3n) is 2.94. The lowest BCUT2D eigenvalue weighted by Gasteiger charge is -2.26. The van der Waals surface area contributed by atoms with Crippen molar-refractivity contribution in [1.29, 1.82) is 0 Å². The molecule has 6 heteroatoms. The van der Waals surface area contributed by atoms with Crippen LogP contribution in [0.15, 0.2) is 0 Å². The molecule has 2 rings (SSSR count). The van der Waals surface area contributed by atoms with Gasteiger partial charge in [0.15, 0.2) is 0 Å². The Hall–Kier alpha value is -1.43. The van der Waals surface area contributed by atoms with Gasteiger partial charge in [0.05, 0.1) is 0 Å². The number of amides is 3. The second kappa shape index (κ2) is 4.21. The second-order valence-electron chi connectivity index (χ2n) is 4.43. The van der Waals surface area contributed by atoms with Gasteiger partial charge in [0, 0.05) is 12.5 Å². The molecular weight excluding hydrogens is 210 g/mol. The molecule has 0 aromatic heterocycles. The van der Waals surface area contributed by atoms with Gasteiger partial charge in [0.2, 0.25) is 17.7 Å². The van der Waals surface area contributed by atoms with Crippen molar-refractivity contribution in [2.45, 2.75) is 25.3 Å². The van der Waals surface area contributed by atoms with E-state index in [9.17, 15) is 14.4 Å². The minimum absolute atomic E-state index is 0.0397. The number of carbonyl (C=O) groups excluding carboxylic acids is 3. The summed E-state index contributed by atoms with van der Waals surface area (Å²) >= 11 is 0. The fourth-order valence-corrected chi connectivity index (χ4v) is 1.84. The molecule has 1 saturated heterocycles. The van der Waals surface area contributed by atoms with Gasteiger partial charge in [-0.25, -0.2) is 0 Å². The molecule has 1 unspecified atom stereocenters. The highest BCUT2D eigenvalue weighted by Gasteiger charge is 2.33. The molecule has 0 aromatic rings. The fourth-order valence-electron chi connectivity index (χ4n) is 1.84. The number of rotatable bonds is 3. The molecule has 0 radical (unpaired) electrons. The molecule has 0 bridgehead atoms. The van der Waals surface area contributed by atoms with Crippen LogP contribution in [0.5, 0.6) is 0 Å². The predicted octanol–water partition coefficient (Wildman–Crippen LogP) is -1.40. The van der Waals surface area contributed by atoms with E-state index >= 15 is 0 Å². The molecule has 2 aliphatic rings. The number of carbonyl (C=O) groups is 3. The first-order valence-electron chi connectivity index (χ1n) is 5.42. The van der Waals surface area contributed by atoms with Crippen LogP contribution in [-0.2, 0) is 14.4 Å². The molecule has 3 N–H and O–H groups in total. The minimum Gasteiger partial charge on any atom is -0.327 e. The molecule has 16 heavy (non-hydrogen) atoms. The normalized spacial score (nSPS) is 22.9. The first kappa shape index (κ1) is 11.1. The van der Waals surface area contributed by atoms with Gasteiger partial charge in [-0.15, -0.1) is 0 Å². The number of hydrogen-bond acceptors (Lipinski definition) is 4. The number of nitrogens with zero attached hydrogens (tertiary/aromatic N) is 1. The zero-order valence-electron chi connectivity index (χ0n) is 8.94. The van der Waals surface area contributed by atoms with Crippen LogP contribution in [0.25, 0.3) is 0 Å². The predicted molar refractivity (Wildman–Crippen MR) is 55.0 cm³/mol. The molecule has 1 heterocycles. The van der Waals surface area contributed by atoms with Crippen LogP contribution in [0.1, 0.15) is 19.3 Å². The van der Waals surface area contributed by atoms with E-state index in [1.807, 2.05) is 0 Å². The summed E-state index contributed by atoms with van der Waals surface area (Å²) in [6.45, 7) is -0.0794. The number of nitrogens with one attached hydrogen (secondary N) is 1. The standard InChI is InChI=1S/C10H15N3O3/c11-7(6-1-2-6)3-10(16)13-4-8(14)12-9(15)5-13/h6-7H,1-5,11H2,(H,12,14,15). The van der Waals surface area contributed by atoms with E-state index in [4.69, 9.17) is 5.73 Å². The zero-order valence-corrected chi connectivity index (χ0v) is 8.94. The van der Waals surface area contributed by atoms with Crippen molar-refractivity contribution in [1.82, 2.24) is 10.2 Å². The maximum absolute atomic E-state index is 11.7. The molecule has 1 aliphatic carbocycles. The van der Waals surface area contributed by atoms with Crippen LogP contribution in [0.3, 0.4) is 0 Å². The zero-order chi connectivity index (χ0) is 11.7. The van der Waals surface area contributed by atoms with Gasteiger partial charge in [-0.3, -0.25) is 19.7 Å². The molecule has 1 aliphatic heterocycles. The SMILES string of the molecule is NC(CC(=O)N1CC(=O)NC(=O)C1)C1CC1. The maximum Gasteiger partial charge on any atom is 0.246 e. The summed E-state index contributed by atoms with van der Waals surface area (Å²) in [7, 11) is 0. The van der Waals surface area contributed by atoms with E-state index in [0.717, 1.165) is 12.8 Å². The van der Waals surface area contributed by atoms with Crippen LogP contribution in [0, 0.1) is 5.92 Å². The van der Waals surface area contributed by atoms with Crippen LogP contribution in [0.2, 0.25) is 0 Å². The number of hydrogen-bond donors (Lipinski definition) is 2. The Morgan fingerprint density at radius 2 is 1.94 bits per heavy atom. The maximum atomic E-state index is 11.7. The van der Waals surface area contributed by atoms with Crippen molar-refractivity contribution in [3.8, 4) is 0 Å². The van der Waals surface area contributed by atoms with Gasteiger partial charge >= 0.3 is 0 Å². The van der Waals surface area contributed by atoms with E-state index in [-0.39, 0.29) is 31.5 Å². The number of piperazine rings is 1. The molecule has 1 saturated carbocycles. The van der Waals surface area contributed by atoms with E-state index in [0.29, 0.717) is 5.92 Å². The summed E-state index contributed by atoms with van der Waals surface area (Å²) in [5, 5.41) is 2.15. The van der Waals surface area contributed by atoms with Crippen LogP contribution < -0.4 is 11.1 Å². The van der Waals surface area contributed by atoms with Crippen LogP contribution >= 0.6 is 0 Å². The molecule has 2 fully saturated rings. The third kappa shape index (κ3) is 2.57. The highest BCUT2D eigenvalue weighted by molar-refractivity contribution is 6.02. The molecule has 3 amide bonds. The molecule has 0 spiro atoms. The third-order valence-corrected chi connectivity index (χ3v) is 2.94. The minimum atomic E-state index is -0.426. The lowest BCUT2D eigenvalue weighted by atomic mass is 10.1. The Kier molecular flexibility index (Phi) is 2.91.